The van der Waals surface area contributed by atoms with Crippen molar-refractivity contribution in [2.45, 2.75) is 4.90 Å². The summed E-state index contributed by atoms with van der Waals surface area (Å²) in [5, 5.41) is 0. The second-order valence-corrected chi connectivity index (χ2v) is 7.14. The van der Waals surface area contributed by atoms with Gasteiger partial charge in [0.2, 0.25) is 5.91 Å². The first-order valence-electron chi connectivity index (χ1n) is 6.83. The van der Waals surface area contributed by atoms with Gasteiger partial charge in [0.25, 0.3) is 5.91 Å². The molecule has 1 aromatic rings. The fourth-order valence-corrected chi connectivity index (χ4v) is 2.97. The Morgan fingerprint density at radius 1 is 1.14 bits per heavy atom. The minimum Gasteiger partial charge on any atom is -0.336 e. The van der Waals surface area contributed by atoms with Gasteiger partial charge in [-0.2, -0.15) is 0 Å². The molecule has 7 heteroatoms. The Kier molecular flexibility index (Phi) is 4.65. The van der Waals surface area contributed by atoms with E-state index in [1.807, 2.05) is 0 Å². The van der Waals surface area contributed by atoms with Crippen LogP contribution in [0.25, 0.3) is 0 Å². The molecule has 1 heterocycles. The average Bonchev–Trinajstić information content (AvgIpc) is 2.53. The number of sulfone groups is 1. The molecule has 0 unspecified atom stereocenters. The molecule has 0 radical (unpaired) electrons. The van der Waals surface area contributed by atoms with Crippen LogP contribution in [0.5, 0.6) is 0 Å². The lowest BCUT2D eigenvalue weighted by Gasteiger charge is -2.34. The Balaban J connectivity index is 2.10. The number of amides is 2. The van der Waals surface area contributed by atoms with Crippen LogP contribution in [0.2, 0.25) is 0 Å². The zero-order valence-electron chi connectivity index (χ0n) is 12.4. The number of carbonyl (C=O) groups is 2. The maximum atomic E-state index is 12.4. The first-order valence-corrected chi connectivity index (χ1v) is 8.73. The molecule has 0 bridgehead atoms. The summed E-state index contributed by atoms with van der Waals surface area (Å²) in [5.41, 5.74) is 0.339. The standard InChI is InChI=1S/C15H18N2O4S/c1-3-14(18)16-7-9-17(10-8-16)15(19)12-5-4-6-13(11-12)22(2,20)21/h3-6,11H,1,7-10H2,2H3. The van der Waals surface area contributed by atoms with E-state index >= 15 is 0 Å². The normalized spacial score (nSPS) is 15.5. The van der Waals surface area contributed by atoms with E-state index in [0.29, 0.717) is 31.7 Å². The van der Waals surface area contributed by atoms with E-state index in [9.17, 15) is 18.0 Å². The van der Waals surface area contributed by atoms with Crippen molar-refractivity contribution in [3.8, 4) is 0 Å². The molecule has 0 spiro atoms. The fraction of sp³-hybridized carbons (Fsp3) is 0.333. The second kappa shape index (κ2) is 6.31. The molecule has 6 nitrogen and oxygen atoms in total. The molecule has 1 saturated heterocycles. The van der Waals surface area contributed by atoms with Crippen LogP contribution < -0.4 is 0 Å². The van der Waals surface area contributed by atoms with Gasteiger partial charge < -0.3 is 9.80 Å². The number of carbonyl (C=O) groups excluding carboxylic acids is 2. The van der Waals surface area contributed by atoms with Gasteiger partial charge in [0, 0.05) is 38.0 Å². The van der Waals surface area contributed by atoms with E-state index in [1.165, 1.54) is 18.2 Å². The zero-order valence-corrected chi connectivity index (χ0v) is 13.2. The van der Waals surface area contributed by atoms with Gasteiger partial charge in [-0.05, 0) is 24.3 Å². The molecule has 0 aliphatic carbocycles. The van der Waals surface area contributed by atoms with Gasteiger partial charge in [-0.25, -0.2) is 8.42 Å². The summed E-state index contributed by atoms with van der Waals surface area (Å²) in [6.45, 7) is 5.17. The van der Waals surface area contributed by atoms with Crippen LogP contribution >= 0.6 is 0 Å². The van der Waals surface area contributed by atoms with E-state index in [1.54, 1.807) is 21.9 Å². The molecule has 0 N–H and O–H groups in total. The number of rotatable bonds is 3. The summed E-state index contributed by atoms with van der Waals surface area (Å²) in [4.78, 5) is 27.3. The van der Waals surface area contributed by atoms with E-state index < -0.39 is 9.84 Å². The van der Waals surface area contributed by atoms with Crippen LogP contribution in [0, 0.1) is 0 Å². The zero-order chi connectivity index (χ0) is 16.3. The third kappa shape index (κ3) is 3.54. The van der Waals surface area contributed by atoms with Crippen molar-refractivity contribution in [3.63, 3.8) is 0 Å². The SMILES string of the molecule is C=CC(=O)N1CCN(C(=O)c2cccc(S(C)(=O)=O)c2)CC1. The predicted octanol–water partition coefficient (Wildman–Crippen LogP) is 0.560. The first kappa shape index (κ1) is 16.2. The van der Waals surface area contributed by atoms with E-state index in [2.05, 4.69) is 6.58 Å². The number of hydrogen-bond donors (Lipinski definition) is 0. The van der Waals surface area contributed by atoms with Crippen molar-refractivity contribution in [2.24, 2.45) is 0 Å². The third-order valence-electron chi connectivity index (χ3n) is 3.56. The Bertz CT molecular complexity index is 704. The minimum absolute atomic E-state index is 0.124. The van der Waals surface area contributed by atoms with Crippen molar-refractivity contribution in [3.05, 3.63) is 42.5 Å². The summed E-state index contributed by atoms with van der Waals surface area (Å²) in [7, 11) is -3.35. The minimum atomic E-state index is -3.35. The van der Waals surface area contributed by atoms with Crippen molar-refractivity contribution < 1.29 is 18.0 Å². The van der Waals surface area contributed by atoms with Crippen molar-refractivity contribution >= 4 is 21.7 Å². The molecule has 118 valence electrons. The predicted molar refractivity (Wildman–Crippen MR) is 82.2 cm³/mol. The molecule has 1 aliphatic heterocycles. The fourth-order valence-electron chi connectivity index (χ4n) is 2.30. The van der Waals surface area contributed by atoms with Crippen molar-refractivity contribution in [1.82, 2.24) is 9.80 Å². The molecule has 1 aliphatic rings. The monoisotopic (exact) mass is 322 g/mol. The summed E-state index contributed by atoms with van der Waals surface area (Å²) in [6.07, 6.45) is 2.36. The average molecular weight is 322 g/mol. The van der Waals surface area contributed by atoms with Gasteiger partial charge in [0.05, 0.1) is 4.90 Å². The molecule has 0 atom stereocenters. The molecule has 0 aromatic heterocycles. The number of hydrogen-bond acceptors (Lipinski definition) is 4. The molecule has 2 rings (SSSR count). The lowest BCUT2D eigenvalue weighted by Crippen LogP contribution is -2.50. The highest BCUT2D eigenvalue weighted by atomic mass is 32.2. The molecule has 0 saturated carbocycles. The highest BCUT2D eigenvalue weighted by Gasteiger charge is 2.24. The molecular weight excluding hydrogens is 304 g/mol. The highest BCUT2D eigenvalue weighted by Crippen LogP contribution is 2.14. The van der Waals surface area contributed by atoms with Gasteiger partial charge in [-0.3, -0.25) is 9.59 Å². The summed E-state index contributed by atoms with van der Waals surface area (Å²) in [6, 6.07) is 6.01. The molecule has 1 aromatic carbocycles. The summed E-state index contributed by atoms with van der Waals surface area (Å²) in [5.74, 6) is -0.373. The van der Waals surface area contributed by atoms with Crippen molar-refractivity contribution in [1.29, 1.82) is 0 Å². The molecule has 22 heavy (non-hydrogen) atoms. The smallest absolute Gasteiger partial charge is 0.254 e. The van der Waals surface area contributed by atoms with Crippen LogP contribution in [0.4, 0.5) is 0 Å². The van der Waals surface area contributed by atoms with Gasteiger partial charge in [0.1, 0.15) is 0 Å². The van der Waals surface area contributed by atoms with Crippen LogP contribution in [-0.4, -0.2) is 62.5 Å². The Hall–Kier alpha value is -2.15. The Labute approximate surface area is 129 Å². The van der Waals surface area contributed by atoms with E-state index in [-0.39, 0.29) is 16.7 Å². The lowest BCUT2D eigenvalue weighted by molar-refractivity contribution is -0.127. The van der Waals surface area contributed by atoms with Gasteiger partial charge in [0.15, 0.2) is 9.84 Å². The second-order valence-electron chi connectivity index (χ2n) is 5.12. The third-order valence-corrected chi connectivity index (χ3v) is 4.67. The maximum absolute atomic E-state index is 12.4. The van der Waals surface area contributed by atoms with Crippen LogP contribution in [-0.2, 0) is 14.6 Å². The quantitative estimate of drug-likeness (QED) is 0.762. The summed E-state index contributed by atoms with van der Waals surface area (Å²) < 4.78 is 23.1. The number of piperazine rings is 1. The van der Waals surface area contributed by atoms with E-state index in [0.717, 1.165) is 6.26 Å². The maximum Gasteiger partial charge on any atom is 0.254 e. The molecule has 1 fully saturated rings. The lowest BCUT2D eigenvalue weighted by atomic mass is 10.2. The Morgan fingerprint density at radius 3 is 2.27 bits per heavy atom. The Morgan fingerprint density at radius 2 is 1.73 bits per heavy atom. The van der Waals surface area contributed by atoms with Crippen LogP contribution in [0.15, 0.2) is 41.8 Å². The topological polar surface area (TPSA) is 74.8 Å². The van der Waals surface area contributed by atoms with Crippen molar-refractivity contribution in [2.75, 3.05) is 32.4 Å². The van der Waals surface area contributed by atoms with Crippen LogP contribution in [0.1, 0.15) is 10.4 Å². The number of nitrogens with zero attached hydrogens (tertiary/aromatic N) is 2. The van der Waals surface area contributed by atoms with Gasteiger partial charge in [-0.15, -0.1) is 0 Å². The largest absolute Gasteiger partial charge is 0.336 e. The highest BCUT2D eigenvalue weighted by molar-refractivity contribution is 7.90. The van der Waals surface area contributed by atoms with Gasteiger partial charge >= 0.3 is 0 Å². The van der Waals surface area contributed by atoms with Gasteiger partial charge in [-0.1, -0.05) is 12.6 Å². The number of benzene rings is 1. The van der Waals surface area contributed by atoms with E-state index in [4.69, 9.17) is 0 Å². The molecular formula is C15H18N2O4S. The summed E-state index contributed by atoms with van der Waals surface area (Å²) >= 11 is 0. The van der Waals surface area contributed by atoms with Crippen LogP contribution in [0.3, 0.4) is 0 Å². The first-order chi connectivity index (χ1) is 10.3. The molecule has 2 amide bonds.